The second kappa shape index (κ2) is 7.16. The van der Waals surface area contributed by atoms with E-state index in [2.05, 4.69) is 30.9 Å². The summed E-state index contributed by atoms with van der Waals surface area (Å²) in [4.78, 5) is 17.0. The number of carbonyl (C=O) groups excluding carboxylic acids is 1. The maximum Gasteiger partial charge on any atom is 0.255 e. The minimum atomic E-state index is -0.215. The van der Waals surface area contributed by atoms with Crippen molar-refractivity contribution in [3.63, 3.8) is 0 Å². The van der Waals surface area contributed by atoms with Crippen molar-refractivity contribution in [2.45, 2.75) is 13.5 Å². The highest BCUT2D eigenvalue weighted by Crippen LogP contribution is 2.19. The lowest BCUT2D eigenvalue weighted by molar-refractivity contribution is 0.102. The van der Waals surface area contributed by atoms with E-state index in [1.807, 2.05) is 37.3 Å². The Morgan fingerprint density at radius 3 is 2.85 bits per heavy atom. The van der Waals surface area contributed by atoms with Crippen LogP contribution in [0.15, 0.2) is 61.2 Å². The first-order valence-corrected chi connectivity index (χ1v) is 8.37. The Kier molecular flexibility index (Phi) is 4.40. The van der Waals surface area contributed by atoms with Gasteiger partial charge in [-0.05, 0) is 47.7 Å². The van der Waals surface area contributed by atoms with E-state index in [9.17, 15) is 4.79 Å². The van der Waals surface area contributed by atoms with Gasteiger partial charge < -0.3 is 5.32 Å². The Morgan fingerprint density at radius 1 is 1.15 bits per heavy atom. The fraction of sp³-hybridized carbons (Fsp3) is 0.111. The molecule has 4 aromatic rings. The van der Waals surface area contributed by atoms with Crippen molar-refractivity contribution in [1.29, 1.82) is 0 Å². The van der Waals surface area contributed by atoms with Gasteiger partial charge in [-0.15, -0.1) is 5.10 Å². The average molecular weight is 360 g/mol. The molecule has 134 valence electrons. The predicted molar refractivity (Wildman–Crippen MR) is 98.2 cm³/mol. The van der Waals surface area contributed by atoms with Gasteiger partial charge in [0, 0.05) is 23.4 Å². The van der Waals surface area contributed by atoms with Gasteiger partial charge in [-0.2, -0.15) is 5.10 Å². The Balaban J connectivity index is 1.57. The molecule has 0 unspecified atom stereocenters. The summed E-state index contributed by atoms with van der Waals surface area (Å²) in [7, 11) is 0. The van der Waals surface area contributed by atoms with Crippen LogP contribution in [0.3, 0.4) is 0 Å². The number of benzene rings is 2. The van der Waals surface area contributed by atoms with Crippen LogP contribution in [0.1, 0.15) is 17.3 Å². The number of nitrogens with zero attached hydrogens (tertiary/aromatic N) is 7. The van der Waals surface area contributed by atoms with Gasteiger partial charge >= 0.3 is 0 Å². The second-order valence-corrected chi connectivity index (χ2v) is 5.74. The lowest BCUT2D eigenvalue weighted by atomic mass is 10.1. The zero-order valence-electron chi connectivity index (χ0n) is 14.5. The van der Waals surface area contributed by atoms with Crippen LogP contribution < -0.4 is 5.32 Å². The molecule has 4 rings (SSSR count). The number of amides is 1. The summed E-state index contributed by atoms with van der Waals surface area (Å²) in [6, 6.07) is 14.6. The molecule has 1 amide bonds. The fourth-order valence-electron chi connectivity index (χ4n) is 2.73. The normalized spacial score (nSPS) is 10.7. The SMILES string of the molecule is CCn1ncnc1-c1cccc(C(=O)Nc2cccc(-n3cnnn3)c2)c1. The second-order valence-electron chi connectivity index (χ2n) is 5.74. The molecule has 0 spiro atoms. The number of aryl methyl sites for hydroxylation is 1. The van der Waals surface area contributed by atoms with E-state index in [4.69, 9.17) is 0 Å². The molecule has 0 atom stereocenters. The number of hydrogen-bond acceptors (Lipinski definition) is 6. The number of hydrogen-bond donors (Lipinski definition) is 1. The van der Waals surface area contributed by atoms with Gasteiger partial charge in [-0.25, -0.2) is 14.3 Å². The lowest BCUT2D eigenvalue weighted by Crippen LogP contribution is -2.12. The van der Waals surface area contributed by atoms with Crippen LogP contribution in [0.2, 0.25) is 0 Å². The Bertz CT molecular complexity index is 1070. The van der Waals surface area contributed by atoms with E-state index in [0.29, 0.717) is 17.8 Å². The summed E-state index contributed by atoms with van der Waals surface area (Å²) in [6.45, 7) is 2.70. The van der Waals surface area contributed by atoms with Crippen LogP contribution in [0, 0.1) is 0 Å². The van der Waals surface area contributed by atoms with E-state index >= 15 is 0 Å². The molecule has 2 aromatic heterocycles. The molecule has 2 aromatic carbocycles. The summed E-state index contributed by atoms with van der Waals surface area (Å²) in [6.07, 6.45) is 3.00. The molecule has 0 bridgehead atoms. The topological polar surface area (TPSA) is 103 Å². The van der Waals surface area contributed by atoms with E-state index in [1.165, 1.54) is 17.3 Å². The zero-order chi connectivity index (χ0) is 18.6. The molecule has 0 saturated heterocycles. The average Bonchev–Trinajstić information content (AvgIpc) is 3.40. The summed E-state index contributed by atoms with van der Waals surface area (Å²) < 4.78 is 3.31. The zero-order valence-corrected chi connectivity index (χ0v) is 14.5. The molecule has 2 heterocycles. The van der Waals surface area contributed by atoms with Gasteiger partial charge in [0.25, 0.3) is 5.91 Å². The first-order valence-electron chi connectivity index (χ1n) is 8.37. The summed E-state index contributed by atoms with van der Waals surface area (Å²) in [5.41, 5.74) is 2.77. The molecule has 27 heavy (non-hydrogen) atoms. The van der Waals surface area contributed by atoms with Gasteiger partial charge in [0.2, 0.25) is 0 Å². The third kappa shape index (κ3) is 3.43. The smallest absolute Gasteiger partial charge is 0.255 e. The minimum Gasteiger partial charge on any atom is -0.322 e. The Morgan fingerprint density at radius 2 is 2.04 bits per heavy atom. The Hall–Kier alpha value is -3.88. The molecule has 0 saturated carbocycles. The van der Waals surface area contributed by atoms with E-state index in [0.717, 1.165) is 17.1 Å². The number of tetrazole rings is 1. The molecule has 0 fully saturated rings. The third-order valence-electron chi connectivity index (χ3n) is 4.02. The van der Waals surface area contributed by atoms with Gasteiger partial charge in [0.1, 0.15) is 12.7 Å². The number of nitrogens with one attached hydrogen (secondary N) is 1. The quantitative estimate of drug-likeness (QED) is 0.585. The van der Waals surface area contributed by atoms with Crippen LogP contribution in [0.4, 0.5) is 5.69 Å². The molecule has 0 aliphatic rings. The molecule has 0 aliphatic heterocycles. The standard InChI is InChI=1S/C18H16N8O/c1-2-25-17(19-11-21-25)13-5-3-6-14(9-13)18(27)22-15-7-4-8-16(10-15)26-12-20-23-24-26/h3-12H,2H2,1H3,(H,22,27). The van der Waals surface area contributed by atoms with Crippen molar-refractivity contribution in [3.05, 3.63) is 66.7 Å². The van der Waals surface area contributed by atoms with Gasteiger partial charge in [0.05, 0.1) is 5.69 Å². The van der Waals surface area contributed by atoms with Crippen molar-refractivity contribution in [3.8, 4) is 17.1 Å². The van der Waals surface area contributed by atoms with Crippen molar-refractivity contribution in [2.24, 2.45) is 0 Å². The van der Waals surface area contributed by atoms with Crippen molar-refractivity contribution < 1.29 is 4.79 Å². The molecule has 9 heteroatoms. The monoisotopic (exact) mass is 360 g/mol. The van der Waals surface area contributed by atoms with Crippen LogP contribution in [0.25, 0.3) is 17.1 Å². The molecule has 0 aliphatic carbocycles. The number of aromatic nitrogens is 7. The molecular formula is C18H16N8O. The molecule has 9 nitrogen and oxygen atoms in total. The molecule has 1 N–H and O–H groups in total. The van der Waals surface area contributed by atoms with Crippen LogP contribution in [0.5, 0.6) is 0 Å². The summed E-state index contributed by atoms with van der Waals surface area (Å²) >= 11 is 0. The van der Waals surface area contributed by atoms with Crippen LogP contribution in [-0.2, 0) is 6.54 Å². The Labute approximate surface area is 154 Å². The molecule has 0 radical (unpaired) electrons. The highest BCUT2D eigenvalue weighted by Gasteiger charge is 2.11. The van der Waals surface area contributed by atoms with Crippen LogP contribution >= 0.6 is 0 Å². The maximum absolute atomic E-state index is 12.7. The maximum atomic E-state index is 12.7. The van der Waals surface area contributed by atoms with Crippen molar-refractivity contribution >= 4 is 11.6 Å². The van der Waals surface area contributed by atoms with Crippen molar-refractivity contribution in [2.75, 3.05) is 5.32 Å². The van der Waals surface area contributed by atoms with Gasteiger partial charge in [-0.1, -0.05) is 18.2 Å². The lowest BCUT2D eigenvalue weighted by Gasteiger charge is -2.09. The first kappa shape index (κ1) is 16.6. The highest BCUT2D eigenvalue weighted by molar-refractivity contribution is 6.05. The highest BCUT2D eigenvalue weighted by atomic mass is 16.1. The first-order chi connectivity index (χ1) is 13.2. The number of anilines is 1. The third-order valence-corrected chi connectivity index (χ3v) is 4.02. The number of rotatable bonds is 5. The van der Waals surface area contributed by atoms with Gasteiger partial charge in [0.15, 0.2) is 5.82 Å². The van der Waals surface area contributed by atoms with Crippen LogP contribution in [-0.4, -0.2) is 40.9 Å². The van der Waals surface area contributed by atoms with Crippen molar-refractivity contribution in [1.82, 2.24) is 35.0 Å². The largest absolute Gasteiger partial charge is 0.322 e. The van der Waals surface area contributed by atoms with E-state index in [1.54, 1.807) is 22.9 Å². The van der Waals surface area contributed by atoms with E-state index < -0.39 is 0 Å². The van der Waals surface area contributed by atoms with E-state index in [-0.39, 0.29) is 5.91 Å². The summed E-state index contributed by atoms with van der Waals surface area (Å²) in [5, 5.41) is 18.2. The number of carbonyl (C=O) groups is 1. The summed E-state index contributed by atoms with van der Waals surface area (Å²) in [5.74, 6) is 0.515. The molecular weight excluding hydrogens is 344 g/mol. The van der Waals surface area contributed by atoms with Gasteiger partial charge in [-0.3, -0.25) is 4.79 Å². The predicted octanol–water partition coefficient (Wildman–Crippen LogP) is 2.19. The minimum absolute atomic E-state index is 0.215. The fourth-order valence-corrected chi connectivity index (χ4v) is 2.73.